The first-order chi connectivity index (χ1) is 11.1. The fraction of sp³-hybridized carbons (Fsp3) is 0.632. The van der Waals surface area contributed by atoms with Crippen molar-refractivity contribution in [2.75, 3.05) is 26.2 Å². The summed E-state index contributed by atoms with van der Waals surface area (Å²) in [6, 6.07) is 8.22. The van der Waals surface area contributed by atoms with Crippen LogP contribution in [0, 0.1) is 5.41 Å². The minimum absolute atomic E-state index is 0.269. The molecule has 0 unspecified atom stereocenters. The van der Waals surface area contributed by atoms with Gasteiger partial charge < -0.3 is 15.3 Å². The monoisotopic (exact) mass is 316 g/mol. The van der Waals surface area contributed by atoms with E-state index in [1.165, 1.54) is 25.7 Å². The molecule has 3 rings (SSSR count). The van der Waals surface area contributed by atoms with Gasteiger partial charge in [0, 0.05) is 12.6 Å². The minimum Gasteiger partial charge on any atom is -0.478 e. The van der Waals surface area contributed by atoms with Crippen LogP contribution in [0.5, 0.6) is 0 Å². The summed E-state index contributed by atoms with van der Waals surface area (Å²) < 4.78 is 0. The smallest absolute Gasteiger partial charge is 0.335 e. The van der Waals surface area contributed by atoms with Crippen molar-refractivity contribution in [1.29, 1.82) is 0 Å². The SMILES string of the molecule is CCN1CCC(CNC2CC2)(Cc2cccc(C(=O)O)c2)CC1. The quantitative estimate of drug-likeness (QED) is 0.812. The average Bonchev–Trinajstić information content (AvgIpc) is 3.38. The number of carbonyl (C=O) groups is 1. The van der Waals surface area contributed by atoms with Crippen molar-refractivity contribution in [3.8, 4) is 0 Å². The fourth-order valence-corrected chi connectivity index (χ4v) is 3.66. The molecule has 2 fully saturated rings. The van der Waals surface area contributed by atoms with Crippen molar-refractivity contribution < 1.29 is 9.90 Å². The molecule has 4 nitrogen and oxygen atoms in total. The summed E-state index contributed by atoms with van der Waals surface area (Å²) in [5.74, 6) is -0.835. The maximum absolute atomic E-state index is 11.2. The molecule has 1 aromatic rings. The third-order valence-corrected chi connectivity index (χ3v) is 5.46. The first kappa shape index (κ1) is 16.5. The Morgan fingerprint density at radius 2 is 2.09 bits per heavy atom. The highest BCUT2D eigenvalue weighted by atomic mass is 16.4. The van der Waals surface area contributed by atoms with Crippen molar-refractivity contribution >= 4 is 5.97 Å². The Hall–Kier alpha value is -1.39. The molecule has 0 bridgehead atoms. The highest BCUT2D eigenvalue weighted by molar-refractivity contribution is 5.87. The molecular weight excluding hydrogens is 288 g/mol. The van der Waals surface area contributed by atoms with E-state index in [1.54, 1.807) is 6.07 Å². The van der Waals surface area contributed by atoms with Crippen molar-refractivity contribution in [3.05, 3.63) is 35.4 Å². The van der Waals surface area contributed by atoms with Crippen LogP contribution in [0.4, 0.5) is 0 Å². The van der Waals surface area contributed by atoms with Gasteiger partial charge >= 0.3 is 5.97 Å². The number of hydrogen-bond donors (Lipinski definition) is 2. The van der Waals surface area contributed by atoms with E-state index < -0.39 is 5.97 Å². The molecule has 1 aliphatic carbocycles. The molecule has 23 heavy (non-hydrogen) atoms. The van der Waals surface area contributed by atoms with E-state index in [-0.39, 0.29) is 5.41 Å². The number of rotatable bonds is 7. The largest absolute Gasteiger partial charge is 0.478 e. The van der Waals surface area contributed by atoms with Crippen LogP contribution in [-0.4, -0.2) is 48.2 Å². The first-order valence-corrected chi connectivity index (χ1v) is 8.88. The zero-order chi connectivity index (χ0) is 16.3. The highest BCUT2D eigenvalue weighted by Gasteiger charge is 2.36. The molecule has 1 saturated carbocycles. The average molecular weight is 316 g/mol. The van der Waals surface area contributed by atoms with E-state index >= 15 is 0 Å². The number of piperidine rings is 1. The molecule has 2 N–H and O–H groups in total. The second-order valence-electron chi connectivity index (χ2n) is 7.27. The Morgan fingerprint density at radius 3 is 2.70 bits per heavy atom. The number of nitrogens with one attached hydrogen (secondary N) is 1. The van der Waals surface area contributed by atoms with Gasteiger partial charge in [0.15, 0.2) is 0 Å². The molecule has 0 spiro atoms. The summed E-state index contributed by atoms with van der Waals surface area (Å²) in [4.78, 5) is 13.7. The van der Waals surface area contributed by atoms with Crippen molar-refractivity contribution in [3.63, 3.8) is 0 Å². The highest BCUT2D eigenvalue weighted by Crippen LogP contribution is 2.36. The van der Waals surface area contributed by atoms with Gasteiger partial charge in [-0.2, -0.15) is 0 Å². The van der Waals surface area contributed by atoms with E-state index in [0.29, 0.717) is 5.56 Å². The summed E-state index contributed by atoms with van der Waals surface area (Å²) in [7, 11) is 0. The Labute approximate surface area is 138 Å². The van der Waals surface area contributed by atoms with Crippen molar-refractivity contribution in [1.82, 2.24) is 10.2 Å². The van der Waals surface area contributed by atoms with Crippen LogP contribution in [0.1, 0.15) is 48.5 Å². The van der Waals surface area contributed by atoms with Gasteiger partial charge in [0.1, 0.15) is 0 Å². The van der Waals surface area contributed by atoms with Crippen LogP contribution in [0.25, 0.3) is 0 Å². The molecule has 1 saturated heterocycles. The van der Waals surface area contributed by atoms with Crippen molar-refractivity contribution in [2.24, 2.45) is 5.41 Å². The van der Waals surface area contributed by atoms with Gasteiger partial charge in [-0.25, -0.2) is 4.79 Å². The molecule has 1 aromatic carbocycles. The Morgan fingerprint density at radius 1 is 1.35 bits per heavy atom. The third-order valence-electron chi connectivity index (χ3n) is 5.46. The minimum atomic E-state index is -0.835. The predicted molar refractivity (Wildman–Crippen MR) is 91.9 cm³/mol. The molecule has 126 valence electrons. The lowest BCUT2D eigenvalue weighted by Gasteiger charge is -2.42. The van der Waals surface area contributed by atoms with Crippen LogP contribution in [-0.2, 0) is 6.42 Å². The lowest BCUT2D eigenvalue weighted by molar-refractivity contribution is 0.0696. The summed E-state index contributed by atoms with van der Waals surface area (Å²) in [5.41, 5.74) is 1.83. The van der Waals surface area contributed by atoms with Crippen LogP contribution in [0.15, 0.2) is 24.3 Å². The van der Waals surface area contributed by atoms with Gasteiger partial charge in [-0.1, -0.05) is 19.1 Å². The fourth-order valence-electron chi connectivity index (χ4n) is 3.66. The molecule has 4 heteroatoms. The zero-order valence-corrected chi connectivity index (χ0v) is 14.1. The standard InChI is InChI=1S/C19H28N2O2/c1-2-21-10-8-19(9-11-21,14-20-17-6-7-17)13-15-4-3-5-16(12-15)18(22)23/h3-5,12,17,20H,2,6-11,13-14H2,1H3,(H,22,23). The second-order valence-corrected chi connectivity index (χ2v) is 7.27. The maximum Gasteiger partial charge on any atom is 0.335 e. The molecule has 0 amide bonds. The summed E-state index contributed by atoms with van der Waals surface area (Å²) in [6.45, 7) is 6.72. The number of nitrogens with zero attached hydrogens (tertiary/aromatic N) is 1. The number of hydrogen-bond acceptors (Lipinski definition) is 3. The number of carboxylic acid groups (broad SMARTS) is 1. The van der Waals surface area contributed by atoms with Crippen LogP contribution in [0.2, 0.25) is 0 Å². The van der Waals surface area contributed by atoms with Crippen molar-refractivity contribution in [2.45, 2.75) is 45.1 Å². The van der Waals surface area contributed by atoms with Gasteiger partial charge in [0.25, 0.3) is 0 Å². The molecular formula is C19H28N2O2. The molecule has 1 heterocycles. The Balaban J connectivity index is 1.72. The topological polar surface area (TPSA) is 52.6 Å². The predicted octanol–water partition coefficient (Wildman–Crippen LogP) is 2.78. The number of benzene rings is 1. The summed E-state index contributed by atoms with van der Waals surface area (Å²) in [6.07, 6.45) is 5.98. The third kappa shape index (κ3) is 4.33. The van der Waals surface area contributed by atoms with Crippen LogP contribution < -0.4 is 5.32 Å². The normalized spacial score (nSPS) is 21.3. The molecule has 1 aliphatic heterocycles. The maximum atomic E-state index is 11.2. The number of aromatic carboxylic acids is 1. The van der Waals surface area contributed by atoms with E-state index in [9.17, 15) is 9.90 Å². The lowest BCUT2D eigenvalue weighted by Crippen LogP contribution is -2.46. The molecule has 0 aromatic heterocycles. The molecule has 2 aliphatic rings. The summed E-state index contributed by atoms with van der Waals surface area (Å²) >= 11 is 0. The summed E-state index contributed by atoms with van der Waals surface area (Å²) in [5, 5.41) is 12.9. The number of likely N-dealkylation sites (tertiary alicyclic amines) is 1. The van der Waals surface area contributed by atoms with Gasteiger partial charge in [-0.05, 0) is 74.8 Å². The number of carboxylic acids is 1. The van der Waals surface area contributed by atoms with E-state index in [4.69, 9.17) is 0 Å². The first-order valence-electron chi connectivity index (χ1n) is 8.88. The van der Waals surface area contributed by atoms with Gasteiger partial charge in [-0.3, -0.25) is 0 Å². The van der Waals surface area contributed by atoms with Gasteiger partial charge in [0.05, 0.1) is 5.56 Å². The molecule has 0 atom stereocenters. The van der Waals surface area contributed by atoms with E-state index in [2.05, 4.69) is 23.2 Å². The van der Waals surface area contributed by atoms with Gasteiger partial charge in [0.2, 0.25) is 0 Å². The van der Waals surface area contributed by atoms with Crippen LogP contribution in [0.3, 0.4) is 0 Å². The van der Waals surface area contributed by atoms with E-state index in [0.717, 1.165) is 44.2 Å². The lowest BCUT2D eigenvalue weighted by atomic mass is 9.73. The molecule has 0 radical (unpaired) electrons. The van der Waals surface area contributed by atoms with Gasteiger partial charge in [-0.15, -0.1) is 0 Å². The Kier molecular flexibility index (Phi) is 5.02. The second kappa shape index (κ2) is 7.02. The van der Waals surface area contributed by atoms with E-state index in [1.807, 2.05) is 12.1 Å². The zero-order valence-electron chi connectivity index (χ0n) is 14.1. The Bertz CT molecular complexity index is 546. The van der Waals surface area contributed by atoms with Crippen LogP contribution >= 0.6 is 0 Å².